The molecule has 4 aromatic carbocycles. The van der Waals surface area contributed by atoms with Crippen molar-refractivity contribution in [1.82, 2.24) is 9.97 Å². The number of nitrogens with one attached hydrogen (secondary N) is 1. The Morgan fingerprint density at radius 1 is 0.865 bits per heavy atom. The van der Waals surface area contributed by atoms with Gasteiger partial charge in [-0.15, -0.1) is 0 Å². The number of hydrogen-bond acceptors (Lipinski definition) is 4. The van der Waals surface area contributed by atoms with Crippen LogP contribution in [-0.2, 0) is 11.3 Å². The van der Waals surface area contributed by atoms with Gasteiger partial charge in [0.2, 0.25) is 5.91 Å². The van der Waals surface area contributed by atoms with Crippen LogP contribution < -0.4 is 10.2 Å². The van der Waals surface area contributed by atoms with Crippen molar-refractivity contribution in [2.75, 3.05) is 16.8 Å². The third kappa shape index (κ3) is 6.19. The van der Waals surface area contributed by atoms with E-state index in [-0.39, 0.29) is 18.1 Å². The zero-order valence-electron chi connectivity index (χ0n) is 19.9. The van der Waals surface area contributed by atoms with E-state index in [1.54, 1.807) is 12.1 Å². The fourth-order valence-corrected chi connectivity index (χ4v) is 4.51. The van der Waals surface area contributed by atoms with Crippen LogP contribution in [-0.4, -0.2) is 22.4 Å². The fourth-order valence-electron chi connectivity index (χ4n) is 4.11. The van der Waals surface area contributed by atoms with Crippen LogP contribution in [0.2, 0.25) is 0 Å². The molecule has 37 heavy (non-hydrogen) atoms. The molecule has 0 fully saturated rings. The van der Waals surface area contributed by atoms with Crippen molar-refractivity contribution in [1.29, 1.82) is 0 Å². The van der Waals surface area contributed by atoms with Gasteiger partial charge in [0.15, 0.2) is 5.82 Å². The highest BCUT2D eigenvalue weighted by Gasteiger charge is 2.18. The number of benzene rings is 4. The average Bonchev–Trinajstić information content (AvgIpc) is 2.92. The average molecular weight is 555 g/mol. The molecule has 0 aliphatic rings. The number of amides is 1. The third-order valence-electron chi connectivity index (χ3n) is 5.92. The zero-order chi connectivity index (χ0) is 25.6. The van der Waals surface area contributed by atoms with Crippen LogP contribution in [0.1, 0.15) is 12.0 Å². The van der Waals surface area contributed by atoms with Gasteiger partial charge < -0.3 is 10.2 Å². The minimum absolute atomic E-state index is 0.157. The van der Waals surface area contributed by atoms with E-state index < -0.39 is 0 Å². The molecule has 0 atom stereocenters. The lowest BCUT2D eigenvalue weighted by Crippen LogP contribution is -2.28. The van der Waals surface area contributed by atoms with E-state index in [4.69, 9.17) is 9.97 Å². The van der Waals surface area contributed by atoms with E-state index >= 15 is 0 Å². The first kappa shape index (κ1) is 24.6. The van der Waals surface area contributed by atoms with Crippen LogP contribution in [0.3, 0.4) is 0 Å². The van der Waals surface area contributed by atoms with Crippen molar-refractivity contribution in [2.45, 2.75) is 13.0 Å². The molecule has 1 heterocycles. The highest BCUT2D eigenvalue weighted by atomic mass is 79.9. The third-order valence-corrected chi connectivity index (χ3v) is 6.41. The number of para-hydroxylation sites is 1. The van der Waals surface area contributed by atoms with Gasteiger partial charge in [-0.3, -0.25) is 4.79 Å². The van der Waals surface area contributed by atoms with E-state index in [9.17, 15) is 9.18 Å². The molecule has 5 aromatic rings. The van der Waals surface area contributed by atoms with E-state index in [0.29, 0.717) is 24.6 Å². The van der Waals surface area contributed by atoms with E-state index in [1.807, 2.05) is 66.7 Å². The first-order chi connectivity index (χ1) is 18.0. The number of anilines is 2. The predicted octanol–water partition coefficient (Wildman–Crippen LogP) is 7.23. The number of nitrogens with zero attached hydrogens (tertiary/aromatic N) is 3. The van der Waals surface area contributed by atoms with Gasteiger partial charge in [0.25, 0.3) is 0 Å². The van der Waals surface area contributed by atoms with E-state index in [1.165, 1.54) is 12.1 Å². The molecule has 0 saturated heterocycles. The number of rotatable bonds is 8. The molecule has 1 amide bonds. The first-order valence-electron chi connectivity index (χ1n) is 11.9. The minimum Gasteiger partial charge on any atom is -0.351 e. The summed E-state index contributed by atoms with van der Waals surface area (Å²) < 4.78 is 14.2. The molecule has 1 N–H and O–H groups in total. The maximum absolute atomic E-state index is 13.2. The Morgan fingerprint density at radius 2 is 1.62 bits per heavy atom. The Hall–Kier alpha value is -4.10. The van der Waals surface area contributed by atoms with Crippen LogP contribution in [0.5, 0.6) is 0 Å². The van der Waals surface area contributed by atoms with Gasteiger partial charge in [0.1, 0.15) is 11.6 Å². The van der Waals surface area contributed by atoms with Crippen molar-refractivity contribution >= 4 is 44.2 Å². The molecule has 184 valence electrons. The molecule has 0 unspecified atom stereocenters. The van der Waals surface area contributed by atoms with Gasteiger partial charge in [-0.2, -0.15) is 0 Å². The van der Waals surface area contributed by atoms with Crippen molar-refractivity contribution in [3.8, 4) is 11.4 Å². The predicted molar refractivity (Wildman–Crippen MR) is 150 cm³/mol. The molecule has 0 bridgehead atoms. The lowest BCUT2D eigenvalue weighted by molar-refractivity contribution is -0.116. The van der Waals surface area contributed by atoms with Crippen molar-refractivity contribution in [3.05, 3.63) is 119 Å². The fraction of sp³-hybridized carbons (Fsp3) is 0.100. The Labute approximate surface area is 223 Å². The van der Waals surface area contributed by atoms with Crippen molar-refractivity contribution in [2.24, 2.45) is 0 Å². The summed E-state index contributed by atoms with van der Waals surface area (Å²) in [5.41, 5.74) is 3.39. The number of carbonyl (C=O) groups is 1. The van der Waals surface area contributed by atoms with E-state index in [2.05, 4.69) is 38.3 Å². The molecule has 0 aliphatic carbocycles. The summed E-state index contributed by atoms with van der Waals surface area (Å²) in [5.74, 6) is 0.877. The summed E-state index contributed by atoms with van der Waals surface area (Å²) in [6.45, 7) is 1.00. The SMILES string of the molecule is O=C(CCN(Cc1ccccc1)c1nc(-c2cccc(Br)c2)nc2ccccc12)Nc1ccc(F)cc1. The van der Waals surface area contributed by atoms with E-state index in [0.717, 1.165) is 32.3 Å². The number of carbonyl (C=O) groups excluding carboxylic acids is 1. The molecule has 0 saturated carbocycles. The molecule has 5 nitrogen and oxygen atoms in total. The molecular formula is C30H24BrFN4O. The highest BCUT2D eigenvalue weighted by Crippen LogP contribution is 2.30. The summed E-state index contributed by atoms with van der Waals surface area (Å²) >= 11 is 3.54. The highest BCUT2D eigenvalue weighted by molar-refractivity contribution is 9.10. The smallest absolute Gasteiger partial charge is 0.226 e. The standard InChI is InChI=1S/C30H24BrFN4O/c31-23-10-6-9-22(19-23)29-34-27-12-5-4-11-26(27)30(35-29)36(20-21-7-2-1-3-8-21)18-17-28(37)33-25-15-13-24(32)14-16-25/h1-16,19H,17-18,20H2,(H,33,37). The topological polar surface area (TPSA) is 58.1 Å². The van der Waals surface area contributed by atoms with Crippen LogP contribution >= 0.6 is 15.9 Å². The van der Waals surface area contributed by atoms with Gasteiger partial charge in [0, 0.05) is 40.6 Å². The summed E-state index contributed by atoms with van der Waals surface area (Å²) in [4.78, 5) is 24.7. The van der Waals surface area contributed by atoms with Crippen molar-refractivity contribution < 1.29 is 9.18 Å². The Bertz CT molecular complexity index is 1530. The summed E-state index contributed by atoms with van der Waals surface area (Å²) in [5, 5.41) is 3.76. The second kappa shape index (κ2) is 11.3. The van der Waals surface area contributed by atoms with Gasteiger partial charge in [0.05, 0.1) is 5.52 Å². The Balaban J connectivity index is 1.49. The van der Waals surface area contributed by atoms with Gasteiger partial charge in [-0.1, -0.05) is 70.5 Å². The molecule has 0 radical (unpaired) electrons. The lowest BCUT2D eigenvalue weighted by Gasteiger charge is -2.25. The number of aromatic nitrogens is 2. The Morgan fingerprint density at radius 3 is 2.41 bits per heavy atom. The second-order valence-corrected chi connectivity index (χ2v) is 9.53. The molecule has 0 aliphatic heterocycles. The number of hydrogen-bond donors (Lipinski definition) is 1. The van der Waals surface area contributed by atoms with Gasteiger partial charge in [-0.05, 0) is 54.1 Å². The maximum atomic E-state index is 13.2. The van der Waals surface area contributed by atoms with Crippen LogP contribution in [0.25, 0.3) is 22.3 Å². The zero-order valence-corrected chi connectivity index (χ0v) is 21.5. The summed E-state index contributed by atoms with van der Waals surface area (Å²) in [6.07, 6.45) is 0.231. The molecule has 0 spiro atoms. The maximum Gasteiger partial charge on any atom is 0.226 e. The summed E-state index contributed by atoms with van der Waals surface area (Å²) in [7, 11) is 0. The van der Waals surface area contributed by atoms with Crippen LogP contribution in [0.4, 0.5) is 15.9 Å². The normalized spacial score (nSPS) is 10.9. The summed E-state index contributed by atoms with van der Waals surface area (Å²) in [6, 6.07) is 31.7. The Kier molecular flexibility index (Phi) is 7.51. The van der Waals surface area contributed by atoms with Crippen molar-refractivity contribution in [3.63, 3.8) is 0 Å². The van der Waals surface area contributed by atoms with Gasteiger partial charge >= 0.3 is 0 Å². The molecule has 5 rings (SSSR count). The molecule has 7 heteroatoms. The number of fused-ring (bicyclic) bond motifs is 1. The molecular weight excluding hydrogens is 531 g/mol. The second-order valence-electron chi connectivity index (χ2n) is 8.61. The largest absolute Gasteiger partial charge is 0.351 e. The van der Waals surface area contributed by atoms with Gasteiger partial charge in [-0.25, -0.2) is 14.4 Å². The lowest BCUT2D eigenvalue weighted by atomic mass is 10.1. The number of halogens is 2. The van der Waals surface area contributed by atoms with Crippen LogP contribution in [0.15, 0.2) is 108 Å². The first-order valence-corrected chi connectivity index (χ1v) is 12.7. The monoisotopic (exact) mass is 554 g/mol. The minimum atomic E-state index is -0.344. The molecule has 1 aromatic heterocycles. The quantitative estimate of drug-likeness (QED) is 0.220. The van der Waals surface area contributed by atoms with Crippen LogP contribution in [0, 0.1) is 5.82 Å².